The maximum absolute atomic E-state index is 12.3. The van der Waals surface area contributed by atoms with E-state index in [1.807, 2.05) is 0 Å². The molecular weight excluding hydrogens is 580 g/mol. The highest BCUT2D eigenvalue weighted by atomic mass is 16.6. The number of hydrogen-bond donors (Lipinski definition) is 1. The van der Waals surface area contributed by atoms with Gasteiger partial charge in [0.05, 0.1) is 30.7 Å². The number of carbonyl (C=O) groups is 5. The van der Waals surface area contributed by atoms with Crippen LogP contribution in [0.4, 0.5) is 0 Å². The van der Waals surface area contributed by atoms with Gasteiger partial charge in [-0.05, 0) is 34.6 Å². The summed E-state index contributed by atoms with van der Waals surface area (Å²) in [6.07, 6.45) is 0. The third kappa shape index (κ3) is 14.9. The Hall–Kier alpha value is -4.07. The van der Waals surface area contributed by atoms with Crippen LogP contribution in [-0.4, -0.2) is 94.6 Å². The van der Waals surface area contributed by atoms with Gasteiger partial charge in [-0.25, -0.2) is 24.0 Å². The largest absolute Gasteiger partial charge is 0.461 e. The molecule has 0 amide bonds. The van der Waals surface area contributed by atoms with Gasteiger partial charge in [-0.2, -0.15) is 0 Å². The SMILES string of the molecule is C=C(C)C(=O)OCC(COCO)(COCC(COC(=O)C(=C)C)(COC(=O)C(=C)C)COC(=O)C(=C)C)COC(=O)C(=C)C. The molecule has 0 aliphatic carbocycles. The predicted octanol–water partition coefficient (Wildman–Crippen LogP) is 2.54. The molecule has 13 heteroatoms. The van der Waals surface area contributed by atoms with Gasteiger partial charge in [0.2, 0.25) is 0 Å². The average molecular weight is 625 g/mol. The summed E-state index contributed by atoms with van der Waals surface area (Å²) in [5.74, 6) is -3.80. The fourth-order valence-electron chi connectivity index (χ4n) is 2.96. The molecule has 246 valence electrons. The molecular formula is C31H44O13. The fourth-order valence-corrected chi connectivity index (χ4v) is 2.96. The van der Waals surface area contributed by atoms with Crippen LogP contribution in [0.15, 0.2) is 60.8 Å². The lowest BCUT2D eigenvalue weighted by Crippen LogP contribution is -2.47. The van der Waals surface area contributed by atoms with E-state index < -0.39 is 80.5 Å². The summed E-state index contributed by atoms with van der Waals surface area (Å²) in [5.41, 5.74) is -2.43. The van der Waals surface area contributed by atoms with Crippen molar-refractivity contribution in [2.45, 2.75) is 34.6 Å². The highest BCUT2D eigenvalue weighted by molar-refractivity contribution is 5.88. The van der Waals surface area contributed by atoms with Gasteiger partial charge in [-0.3, -0.25) is 0 Å². The Morgan fingerprint density at radius 1 is 0.432 bits per heavy atom. The van der Waals surface area contributed by atoms with Crippen molar-refractivity contribution < 1.29 is 62.2 Å². The molecule has 0 aliphatic rings. The average Bonchev–Trinajstić information content (AvgIpc) is 2.96. The predicted molar refractivity (Wildman–Crippen MR) is 158 cm³/mol. The van der Waals surface area contributed by atoms with Gasteiger partial charge in [0.1, 0.15) is 39.8 Å². The van der Waals surface area contributed by atoms with Gasteiger partial charge < -0.3 is 38.3 Å². The second-order valence-corrected chi connectivity index (χ2v) is 10.8. The second kappa shape index (κ2) is 19.3. The number of carbonyl (C=O) groups excluding carboxylic acids is 5. The first-order chi connectivity index (χ1) is 20.4. The number of ether oxygens (including phenoxy) is 7. The summed E-state index contributed by atoms with van der Waals surface area (Å²) in [6.45, 7) is 20.9. The molecule has 1 N–H and O–H groups in total. The normalized spacial score (nSPS) is 11.0. The number of aliphatic hydroxyl groups excluding tert-OH is 1. The smallest absolute Gasteiger partial charge is 0.333 e. The van der Waals surface area contributed by atoms with E-state index in [-0.39, 0.29) is 47.7 Å². The molecule has 0 aromatic rings. The number of aliphatic hydroxyl groups is 1. The topological polar surface area (TPSA) is 170 Å². The van der Waals surface area contributed by atoms with Crippen molar-refractivity contribution in [3.8, 4) is 0 Å². The van der Waals surface area contributed by atoms with Crippen molar-refractivity contribution in [3.63, 3.8) is 0 Å². The first kappa shape index (κ1) is 39.9. The number of rotatable bonds is 22. The zero-order chi connectivity index (χ0) is 34.1. The number of esters is 5. The van der Waals surface area contributed by atoms with Crippen molar-refractivity contribution >= 4 is 29.8 Å². The zero-order valence-electron chi connectivity index (χ0n) is 26.2. The van der Waals surface area contributed by atoms with Crippen LogP contribution in [-0.2, 0) is 57.1 Å². The van der Waals surface area contributed by atoms with Gasteiger partial charge in [0.25, 0.3) is 0 Å². The van der Waals surface area contributed by atoms with Crippen LogP contribution in [0.2, 0.25) is 0 Å². The quantitative estimate of drug-likeness (QED) is 0.0807. The summed E-state index contributed by atoms with van der Waals surface area (Å²) in [5, 5.41) is 9.34. The van der Waals surface area contributed by atoms with E-state index in [1.54, 1.807) is 0 Å². The molecule has 0 atom stereocenters. The Labute approximate surface area is 258 Å². The Morgan fingerprint density at radius 3 is 0.841 bits per heavy atom. The molecule has 0 radical (unpaired) electrons. The molecule has 13 nitrogen and oxygen atoms in total. The third-order valence-corrected chi connectivity index (χ3v) is 5.61. The first-order valence-corrected chi connectivity index (χ1v) is 13.3. The van der Waals surface area contributed by atoms with E-state index in [0.717, 1.165) is 0 Å². The summed E-state index contributed by atoms with van der Waals surface area (Å²) in [4.78, 5) is 61.3. The highest BCUT2D eigenvalue weighted by Crippen LogP contribution is 2.27. The summed E-state index contributed by atoms with van der Waals surface area (Å²) in [6, 6.07) is 0. The fraction of sp³-hybridized carbons (Fsp3) is 0.516. The van der Waals surface area contributed by atoms with Gasteiger partial charge in [-0.15, -0.1) is 0 Å². The summed E-state index contributed by atoms with van der Waals surface area (Å²) < 4.78 is 37.9. The maximum Gasteiger partial charge on any atom is 0.333 e. The van der Waals surface area contributed by atoms with Crippen LogP contribution in [0.25, 0.3) is 0 Å². The molecule has 0 heterocycles. The van der Waals surface area contributed by atoms with Gasteiger partial charge in [0, 0.05) is 27.9 Å². The molecule has 0 rings (SSSR count). The zero-order valence-corrected chi connectivity index (χ0v) is 26.2. The van der Waals surface area contributed by atoms with Crippen LogP contribution in [0.5, 0.6) is 0 Å². The van der Waals surface area contributed by atoms with Crippen LogP contribution < -0.4 is 0 Å². The van der Waals surface area contributed by atoms with Gasteiger partial charge >= 0.3 is 29.8 Å². The van der Waals surface area contributed by atoms with E-state index in [1.165, 1.54) is 34.6 Å². The molecule has 0 bridgehead atoms. The second-order valence-electron chi connectivity index (χ2n) is 10.8. The van der Waals surface area contributed by atoms with E-state index in [2.05, 4.69) is 32.9 Å². The monoisotopic (exact) mass is 624 g/mol. The molecule has 0 aliphatic heterocycles. The number of hydrogen-bond acceptors (Lipinski definition) is 13. The Balaban J connectivity index is 6.47. The van der Waals surface area contributed by atoms with Crippen molar-refractivity contribution in [1.29, 1.82) is 0 Å². The molecule has 0 saturated carbocycles. The molecule has 0 aromatic heterocycles. The van der Waals surface area contributed by atoms with Crippen LogP contribution in [0.1, 0.15) is 34.6 Å². The lowest BCUT2D eigenvalue weighted by Gasteiger charge is -2.35. The molecule has 44 heavy (non-hydrogen) atoms. The van der Waals surface area contributed by atoms with Crippen LogP contribution in [0, 0.1) is 10.8 Å². The lowest BCUT2D eigenvalue weighted by molar-refractivity contribution is -0.172. The minimum absolute atomic E-state index is 0.0801. The molecule has 0 spiro atoms. The Bertz CT molecular complexity index is 1030. The highest BCUT2D eigenvalue weighted by Gasteiger charge is 2.40. The minimum Gasteiger partial charge on any atom is -0.461 e. The standard InChI is InChI=1S/C31H44O13/c1-20(2)25(33)40-14-30(13-39-19-32,15-41-26(34)21(3)4)11-38-12-31(16-42-27(35)22(5)6,17-43-28(36)23(7)8)18-44-29(37)24(9)10/h32H,1,3,5,7,9,11-19H2,2,4,6,8,10H3. The van der Waals surface area contributed by atoms with Crippen molar-refractivity contribution in [1.82, 2.24) is 0 Å². The molecule has 0 saturated heterocycles. The van der Waals surface area contributed by atoms with E-state index in [4.69, 9.17) is 33.2 Å². The van der Waals surface area contributed by atoms with E-state index >= 15 is 0 Å². The van der Waals surface area contributed by atoms with E-state index in [9.17, 15) is 29.1 Å². The summed E-state index contributed by atoms with van der Waals surface area (Å²) in [7, 11) is 0. The molecule has 0 unspecified atom stereocenters. The van der Waals surface area contributed by atoms with Gasteiger partial charge in [-0.1, -0.05) is 32.9 Å². The molecule has 0 fully saturated rings. The van der Waals surface area contributed by atoms with Gasteiger partial charge in [0.15, 0.2) is 0 Å². The third-order valence-electron chi connectivity index (χ3n) is 5.61. The van der Waals surface area contributed by atoms with Crippen molar-refractivity contribution in [3.05, 3.63) is 60.8 Å². The molecule has 0 aromatic carbocycles. The van der Waals surface area contributed by atoms with Crippen molar-refractivity contribution in [2.75, 3.05) is 59.6 Å². The maximum atomic E-state index is 12.3. The van der Waals surface area contributed by atoms with Crippen molar-refractivity contribution in [2.24, 2.45) is 10.8 Å². The van der Waals surface area contributed by atoms with Crippen LogP contribution in [0.3, 0.4) is 0 Å². The minimum atomic E-state index is -1.48. The van der Waals surface area contributed by atoms with Crippen LogP contribution >= 0.6 is 0 Å². The van der Waals surface area contributed by atoms with E-state index in [0.29, 0.717) is 0 Å². The first-order valence-electron chi connectivity index (χ1n) is 13.3. The Kier molecular flexibility index (Phi) is 17.5. The Morgan fingerprint density at radius 2 is 0.636 bits per heavy atom. The summed E-state index contributed by atoms with van der Waals surface area (Å²) >= 11 is 0. The lowest BCUT2D eigenvalue weighted by atomic mass is 9.90.